The monoisotopic (exact) mass is 197 g/mol. The van der Waals surface area contributed by atoms with Gasteiger partial charge >= 0.3 is 0 Å². The van der Waals surface area contributed by atoms with Crippen LogP contribution in [0, 0.1) is 0 Å². The molecule has 0 bridgehead atoms. The van der Waals surface area contributed by atoms with Crippen LogP contribution in [0.5, 0.6) is 0 Å². The molecule has 2 rings (SSSR count). The topological polar surface area (TPSA) is 27.3 Å². The molecule has 2 fully saturated rings. The fraction of sp³-hybridized carbons (Fsp3) is 1.00. The first-order valence-electron chi connectivity index (χ1n) is 6.19. The minimum Gasteiger partial charge on any atom is -0.284 e. The maximum Gasteiger partial charge on any atom is 0.0745 e. The fourth-order valence-electron chi connectivity index (χ4n) is 2.46. The fourth-order valence-corrected chi connectivity index (χ4v) is 2.46. The van der Waals surface area contributed by atoms with Crippen LogP contribution in [0.2, 0.25) is 0 Å². The summed E-state index contributed by atoms with van der Waals surface area (Å²) in [6.45, 7) is 3.48. The first-order chi connectivity index (χ1) is 6.90. The van der Waals surface area contributed by atoms with Crippen molar-refractivity contribution in [1.82, 2.24) is 15.8 Å². The Morgan fingerprint density at radius 3 is 3.07 bits per heavy atom. The number of nitrogens with one attached hydrogen (secondary N) is 2. The van der Waals surface area contributed by atoms with Gasteiger partial charge in [0.2, 0.25) is 0 Å². The van der Waals surface area contributed by atoms with E-state index in [4.69, 9.17) is 0 Å². The summed E-state index contributed by atoms with van der Waals surface area (Å²) in [7, 11) is 0. The van der Waals surface area contributed by atoms with Crippen LogP contribution >= 0.6 is 0 Å². The zero-order chi connectivity index (χ0) is 9.80. The molecule has 0 radical (unpaired) electrons. The highest BCUT2D eigenvalue weighted by Crippen LogP contribution is 2.18. The van der Waals surface area contributed by atoms with E-state index < -0.39 is 0 Å². The van der Waals surface area contributed by atoms with Crippen molar-refractivity contribution >= 4 is 0 Å². The van der Waals surface area contributed by atoms with Crippen molar-refractivity contribution in [2.45, 2.75) is 64.2 Å². The van der Waals surface area contributed by atoms with Gasteiger partial charge in [-0.15, -0.1) is 0 Å². The first kappa shape index (κ1) is 10.4. The van der Waals surface area contributed by atoms with Crippen molar-refractivity contribution in [2.75, 3.05) is 6.54 Å². The Morgan fingerprint density at radius 1 is 1.29 bits per heavy atom. The van der Waals surface area contributed by atoms with Gasteiger partial charge in [-0.1, -0.05) is 32.6 Å². The van der Waals surface area contributed by atoms with Crippen molar-refractivity contribution in [3.05, 3.63) is 0 Å². The zero-order valence-electron chi connectivity index (χ0n) is 9.26. The quantitative estimate of drug-likeness (QED) is 0.722. The van der Waals surface area contributed by atoms with Gasteiger partial charge in [0.1, 0.15) is 0 Å². The van der Waals surface area contributed by atoms with Gasteiger partial charge in [0.25, 0.3) is 0 Å². The highest BCUT2D eigenvalue weighted by atomic mass is 15.6. The number of hydrogen-bond donors (Lipinski definition) is 2. The Balaban J connectivity index is 1.79. The third-order valence-corrected chi connectivity index (χ3v) is 3.31. The maximum atomic E-state index is 3.68. The van der Waals surface area contributed by atoms with Crippen molar-refractivity contribution in [1.29, 1.82) is 0 Å². The summed E-state index contributed by atoms with van der Waals surface area (Å²) in [6.07, 6.45) is 10.5. The Hall–Kier alpha value is -0.120. The van der Waals surface area contributed by atoms with E-state index in [0.717, 1.165) is 0 Å². The van der Waals surface area contributed by atoms with Crippen LogP contribution in [0.3, 0.4) is 0 Å². The smallest absolute Gasteiger partial charge is 0.0745 e. The lowest BCUT2D eigenvalue weighted by molar-refractivity contribution is 0.178. The second-order valence-corrected chi connectivity index (χ2v) is 4.55. The summed E-state index contributed by atoms with van der Waals surface area (Å²) in [5.41, 5.74) is 3.59. The molecule has 2 aliphatic rings. The van der Waals surface area contributed by atoms with Gasteiger partial charge in [0, 0.05) is 6.54 Å². The first-order valence-corrected chi connectivity index (χ1v) is 6.19. The molecule has 2 N–H and O–H groups in total. The normalized spacial score (nSPS) is 34.1. The second-order valence-electron chi connectivity index (χ2n) is 4.55. The summed E-state index contributed by atoms with van der Waals surface area (Å²) in [5.74, 6) is 0. The van der Waals surface area contributed by atoms with Crippen molar-refractivity contribution in [3.63, 3.8) is 0 Å². The molecule has 0 aromatic rings. The van der Waals surface area contributed by atoms with Crippen LogP contribution in [0.15, 0.2) is 0 Å². The van der Waals surface area contributed by atoms with Gasteiger partial charge in [0.15, 0.2) is 0 Å². The Morgan fingerprint density at radius 2 is 2.21 bits per heavy atom. The molecule has 14 heavy (non-hydrogen) atoms. The van der Waals surface area contributed by atoms with Gasteiger partial charge in [-0.3, -0.25) is 5.32 Å². The number of hydrazine groups is 1. The van der Waals surface area contributed by atoms with Crippen molar-refractivity contribution in [3.8, 4) is 0 Å². The Kier molecular flexibility index (Phi) is 3.79. The minimum absolute atomic E-state index is 0.540. The lowest BCUT2D eigenvalue weighted by atomic mass is 10.2. The van der Waals surface area contributed by atoms with Crippen LogP contribution in [0.25, 0.3) is 0 Å². The SMILES string of the molecule is CCCCC1NC2CCCCCN2N1. The number of rotatable bonds is 3. The summed E-state index contributed by atoms with van der Waals surface area (Å²) in [4.78, 5) is 0. The van der Waals surface area contributed by atoms with Crippen LogP contribution in [0.4, 0.5) is 0 Å². The van der Waals surface area contributed by atoms with Crippen LogP contribution in [-0.4, -0.2) is 23.9 Å². The molecular formula is C11H23N3. The average molecular weight is 197 g/mol. The van der Waals surface area contributed by atoms with Gasteiger partial charge in [0.05, 0.1) is 12.3 Å². The highest BCUT2D eigenvalue weighted by molar-refractivity contribution is 4.81. The molecule has 3 nitrogen and oxygen atoms in total. The van der Waals surface area contributed by atoms with E-state index in [9.17, 15) is 0 Å². The molecule has 2 unspecified atom stereocenters. The van der Waals surface area contributed by atoms with Gasteiger partial charge in [-0.05, 0) is 19.3 Å². The average Bonchev–Trinajstić information content (AvgIpc) is 2.46. The molecule has 2 aliphatic heterocycles. The number of unbranched alkanes of at least 4 members (excludes halogenated alkanes) is 1. The molecule has 0 amide bonds. The molecule has 0 spiro atoms. The van der Waals surface area contributed by atoms with Crippen molar-refractivity contribution in [2.24, 2.45) is 0 Å². The number of nitrogens with zero attached hydrogens (tertiary/aromatic N) is 1. The number of hydrogen-bond acceptors (Lipinski definition) is 3. The molecule has 2 atom stereocenters. The molecule has 2 heterocycles. The number of fused-ring (bicyclic) bond motifs is 1. The van der Waals surface area contributed by atoms with E-state index >= 15 is 0 Å². The van der Waals surface area contributed by atoms with Crippen LogP contribution < -0.4 is 10.7 Å². The van der Waals surface area contributed by atoms with Gasteiger partial charge < -0.3 is 0 Å². The van der Waals surface area contributed by atoms with E-state index in [1.807, 2.05) is 0 Å². The molecule has 2 saturated heterocycles. The molecule has 0 saturated carbocycles. The molecule has 0 aromatic heterocycles. The lowest BCUT2D eigenvalue weighted by Gasteiger charge is -2.19. The third-order valence-electron chi connectivity index (χ3n) is 3.31. The predicted molar refractivity (Wildman–Crippen MR) is 58.5 cm³/mol. The highest BCUT2D eigenvalue weighted by Gasteiger charge is 2.30. The molecule has 0 aromatic carbocycles. The Bertz CT molecular complexity index is 158. The predicted octanol–water partition coefficient (Wildman–Crippen LogP) is 1.81. The van der Waals surface area contributed by atoms with Gasteiger partial charge in [-0.25, -0.2) is 10.4 Å². The largest absolute Gasteiger partial charge is 0.284 e. The molecule has 3 heteroatoms. The van der Waals surface area contributed by atoms with Gasteiger partial charge in [-0.2, -0.15) is 0 Å². The molecule has 0 aliphatic carbocycles. The minimum atomic E-state index is 0.540. The summed E-state index contributed by atoms with van der Waals surface area (Å²) in [5, 5.41) is 6.11. The second kappa shape index (κ2) is 5.10. The van der Waals surface area contributed by atoms with E-state index in [-0.39, 0.29) is 0 Å². The molecular weight excluding hydrogens is 174 g/mol. The zero-order valence-corrected chi connectivity index (χ0v) is 9.26. The lowest BCUT2D eigenvalue weighted by Crippen LogP contribution is -2.39. The van der Waals surface area contributed by atoms with Crippen LogP contribution in [-0.2, 0) is 0 Å². The molecule has 82 valence electrons. The van der Waals surface area contributed by atoms with Crippen LogP contribution in [0.1, 0.15) is 51.9 Å². The summed E-state index contributed by atoms with van der Waals surface area (Å²) >= 11 is 0. The van der Waals surface area contributed by atoms with Crippen molar-refractivity contribution < 1.29 is 0 Å². The van der Waals surface area contributed by atoms with E-state index in [1.54, 1.807) is 0 Å². The Labute approximate surface area is 87.2 Å². The summed E-state index contributed by atoms with van der Waals surface area (Å²) in [6, 6.07) is 0. The summed E-state index contributed by atoms with van der Waals surface area (Å²) < 4.78 is 0. The van der Waals surface area contributed by atoms with E-state index in [2.05, 4.69) is 22.7 Å². The standard InChI is InChI=1S/C11H23N3/c1-2-3-7-10-12-11-8-5-4-6-9-14(11)13-10/h10-13H,2-9H2,1H3. The maximum absolute atomic E-state index is 3.68. The van der Waals surface area contributed by atoms with E-state index in [1.165, 1.54) is 51.5 Å². The van der Waals surface area contributed by atoms with E-state index in [0.29, 0.717) is 12.3 Å². The third kappa shape index (κ3) is 2.47.